The maximum Gasteiger partial charge on any atom is 0.305 e. The van der Waals surface area contributed by atoms with Crippen LogP contribution in [0.1, 0.15) is 33.6 Å². The highest BCUT2D eigenvalue weighted by molar-refractivity contribution is 5.69. The van der Waals surface area contributed by atoms with Crippen LogP contribution in [0.25, 0.3) is 0 Å². The summed E-state index contributed by atoms with van der Waals surface area (Å²) in [5.41, 5.74) is 5.66. The molecule has 0 aromatic heterocycles. The normalized spacial score (nSPS) is 12.8. The van der Waals surface area contributed by atoms with Gasteiger partial charge in [0.1, 0.15) is 0 Å². The van der Waals surface area contributed by atoms with Crippen molar-refractivity contribution in [1.82, 2.24) is 5.32 Å². The molecular weight excluding hydrogens is 204 g/mol. The Bertz CT molecular complexity index is 184. The highest BCUT2D eigenvalue weighted by atomic mass is 16.5. The molecule has 0 rings (SSSR count). The summed E-state index contributed by atoms with van der Waals surface area (Å²) < 4.78 is 4.84. The minimum atomic E-state index is -0.108. The fraction of sp³-hybridized carbons (Fsp3) is 0.917. The Morgan fingerprint density at radius 1 is 1.44 bits per heavy atom. The number of hydrogen-bond acceptors (Lipinski definition) is 4. The predicted molar refractivity (Wildman–Crippen MR) is 66.1 cm³/mol. The highest BCUT2D eigenvalue weighted by Crippen LogP contribution is 2.07. The second-order valence-corrected chi connectivity index (χ2v) is 4.35. The molecule has 0 saturated heterocycles. The van der Waals surface area contributed by atoms with Crippen molar-refractivity contribution in [2.45, 2.75) is 33.6 Å². The number of esters is 1. The van der Waals surface area contributed by atoms with Crippen molar-refractivity contribution >= 4 is 5.97 Å². The zero-order valence-electron chi connectivity index (χ0n) is 10.8. The van der Waals surface area contributed by atoms with Crippen molar-refractivity contribution in [2.75, 3.05) is 26.2 Å². The Kier molecular flexibility index (Phi) is 9.24. The van der Waals surface area contributed by atoms with E-state index < -0.39 is 0 Å². The fourth-order valence-electron chi connectivity index (χ4n) is 1.47. The Balaban J connectivity index is 3.42. The average Bonchev–Trinajstić information content (AvgIpc) is 2.23. The fourth-order valence-corrected chi connectivity index (χ4v) is 1.47. The second kappa shape index (κ2) is 9.60. The van der Waals surface area contributed by atoms with Crippen molar-refractivity contribution in [2.24, 2.45) is 17.6 Å². The first kappa shape index (κ1) is 15.4. The summed E-state index contributed by atoms with van der Waals surface area (Å²) in [5, 5.41) is 3.33. The molecule has 0 saturated carbocycles. The molecule has 3 N–H and O–H groups in total. The van der Waals surface area contributed by atoms with Crippen LogP contribution in [0.15, 0.2) is 0 Å². The quantitative estimate of drug-likeness (QED) is 0.461. The average molecular weight is 230 g/mol. The van der Waals surface area contributed by atoms with Gasteiger partial charge in [-0.2, -0.15) is 0 Å². The zero-order chi connectivity index (χ0) is 12.4. The standard InChI is InChI=1S/C12H26N2O2/c1-4-16-12(15)6-5-7-14-9-11(8-13)10(2)3/h10-11,14H,4-9,13H2,1-3H3. The van der Waals surface area contributed by atoms with Crippen molar-refractivity contribution in [3.63, 3.8) is 0 Å². The van der Waals surface area contributed by atoms with Crippen molar-refractivity contribution < 1.29 is 9.53 Å². The number of ether oxygens (including phenoxy) is 1. The van der Waals surface area contributed by atoms with Gasteiger partial charge in [-0.05, 0) is 44.8 Å². The molecular formula is C12H26N2O2. The lowest BCUT2D eigenvalue weighted by molar-refractivity contribution is -0.143. The van der Waals surface area contributed by atoms with Crippen LogP contribution in [0, 0.1) is 11.8 Å². The van der Waals surface area contributed by atoms with Crippen LogP contribution in [-0.2, 0) is 9.53 Å². The van der Waals surface area contributed by atoms with Crippen molar-refractivity contribution in [3.05, 3.63) is 0 Å². The van der Waals surface area contributed by atoms with Crippen molar-refractivity contribution in [3.8, 4) is 0 Å². The molecule has 0 aliphatic carbocycles. The third-order valence-corrected chi connectivity index (χ3v) is 2.69. The molecule has 0 aliphatic rings. The summed E-state index contributed by atoms with van der Waals surface area (Å²) in [6.07, 6.45) is 1.32. The minimum Gasteiger partial charge on any atom is -0.466 e. The van der Waals surface area contributed by atoms with E-state index in [0.717, 1.165) is 19.5 Å². The molecule has 4 heteroatoms. The van der Waals surface area contributed by atoms with E-state index in [-0.39, 0.29) is 5.97 Å². The maximum absolute atomic E-state index is 11.0. The molecule has 1 atom stereocenters. The van der Waals surface area contributed by atoms with E-state index in [0.29, 0.717) is 31.4 Å². The Hall–Kier alpha value is -0.610. The van der Waals surface area contributed by atoms with Crippen LogP contribution in [-0.4, -0.2) is 32.2 Å². The van der Waals surface area contributed by atoms with Gasteiger partial charge < -0.3 is 15.8 Å². The lowest BCUT2D eigenvalue weighted by Crippen LogP contribution is -2.32. The molecule has 4 nitrogen and oxygen atoms in total. The molecule has 0 aliphatic heterocycles. The molecule has 0 radical (unpaired) electrons. The van der Waals surface area contributed by atoms with E-state index >= 15 is 0 Å². The van der Waals surface area contributed by atoms with Crippen LogP contribution >= 0.6 is 0 Å². The lowest BCUT2D eigenvalue weighted by Gasteiger charge is -2.19. The van der Waals surface area contributed by atoms with Gasteiger partial charge in [0.25, 0.3) is 0 Å². The van der Waals surface area contributed by atoms with Crippen LogP contribution in [0.2, 0.25) is 0 Å². The van der Waals surface area contributed by atoms with E-state index in [9.17, 15) is 4.79 Å². The SMILES string of the molecule is CCOC(=O)CCCNCC(CN)C(C)C. The van der Waals surface area contributed by atoms with E-state index in [2.05, 4.69) is 19.2 Å². The van der Waals surface area contributed by atoms with E-state index in [1.165, 1.54) is 0 Å². The summed E-state index contributed by atoms with van der Waals surface area (Å²) >= 11 is 0. The molecule has 0 bridgehead atoms. The second-order valence-electron chi connectivity index (χ2n) is 4.35. The Labute approximate surface area is 98.9 Å². The highest BCUT2D eigenvalue weighted by Gasteiger charge is 2.10. The molecule has 0 amide bonds. The Morgan fingerprint density at radius 3 is 2.62 bits per heavy atom. The van der Waals surface area contributed by atoms with Gasteiger partial charge in [0.15, 0.2) is 0 Å². The summed E-state index contributed by atoms with van der Waals surface area (Å²) in [5.74, 6) is 1.01. The van der Waals surface area contributed by atoms with Crippen LogP contribution in [0.4, 0.5) is 0 Å². The third-order valence-electron chi connectivity index (χ3n) is 2.69. The van der Waals surface area contributed by atoms with E-state index in [4.69, 9.17) is 10.5 Å². The predicted octanol–water partition coefficient (Wildman–Crippen LogP) is 1.15. The number of rotatable bonds is 9. The van der Waals surface area contributed by atoms with Gasteiger partial charge in [-0.15, -0.1) is 0 Å². The van der Waals surface area contributed by atoms with Crippen LogP contribution in [0.3, 0.4) is 0 Å². The molecule has 0 aromatic carbocycles. The van der Waals surface area contributed by atoms with Gasteiger partial charge in [-0.3, -0.25) is 4.79 Å². The smallest absolute Gasteiger partial charge is 0.305 e. The van der Waals surface area contributed by atoms with Crippen LogP contribution in [0.5, 0.6) is 0 Å². The number of nitrogens with two attached hydrogens (primary N) is 1. The first-order chi connectivity index (χ1) is 7.61. The van der Waals surface area contributed by atoms with Gasteiger partial charge in [0.05, 0.1) is 6.61 Å². The lowest BCUT2D eigenvalue weighted by atomic mass is 9.96. The zero-order valence-corrected chi connectivity index (χ0v) is 10.8. The molecule has 16 heavy (non-hydrogen) atoms. The number of carbonyl (C=O) groups excluding carboxylic acids is 1. The summed E-state index contributed by atoms with van der Waals surface area (Å²) in [6.45, 7) is 9.14. The van der Waals surface area contributed by atoms with E-state index in [1.54, 1.807) is 0 Å². The minimum absolute atomic E-state index is 0.108. The van der Waals surface area contributed by atoms with E-state index in [1.807, 2.05) is 6.92 Å². The summed E-state index contributed by atoms with van der Waals surface area (Å²) in [4.78, 5) is 11.0. The van der Waals surface area contributed by atoms with Gasteiger partial charge in [-0.1, -0.05) is 13.8 Å². The van der Waals surface area contributed by atoms with Crippen LogP contribution < -0.4 is 11.1 Å². The molecule has 0 aromatic rings. The van der Waals surface area contributed by atoms with Crippen molar-refractivity contribution in [1.29, 1.82) is 0 Å². The Morgan fingerprint density at radius 2 is 2.12 bits per heavy atom. The topological polar surface area (TPSA) is 64.3 Å². The first-order valence-corrected chi connectivity index (χ1v) is 6.18. The number of nitrogens with one attached hydrogen (secondary N) is 1. The van der Waals surface area contributed by atoms with Gasteiger partial charge in [-0.25, -0.2) is 0 Å². The molecule has 1 unspecified atom stereocenters. The molecule has 0 fully saturated rings. The largest absolute Gasteiger partial charge is 0.466 e. The third kappa shape index (κ3) is 7.65. The van der Waals surface area contributed by atoms with Gasteiger partial charge in [0.2, 0.25) is 0 Å². The molecule has 96 valence electrons. The summed E-state index contributed by atoms with van der Waals surface area (Å²) in [6, 6.07) is 0. The number of carbonyl (C=O) groups is 1. The first-order valence-electron chi connectivity index (χ1n) is 6.18. The molecule has 0 spiro atoms. The summed E-state index contributed by atoms with van der Waals surface area (Å²) in [7, 11) is 0. The maximum atomic E-state index is 11.0. The van der Waals surface area contributed by atoms with Gasteiger partial charge >= 0.3 is 5.97 Å². The number of hydrogen-bond donors (Lipinski definition) is 2. The monoisotopic (exact) mass is 230 g/mol. The molecule has 0 heterocycles. The van der Waals surface area contributed by atoms with Gasteiger partial charge in [0, 0.05) is 6.42 Å².